The van der Waals surface area contributed by atoms with Crippen molar-refractivity contribution in [3.05, 3.63) is 42.7 Å². The standard InChI is InChI=1S/C12H14ClNS2/c1-3-8-4-5-15-11(8)10(14)9-6-7(2)12(13)16-9/h4-6,10H,3,14H2,1-2H3. The first-order valence-electron chi connectivity index (χ1n) is 5.21. The van der Waals surface area contributed by atoms with Crippen molar-refractivity contribution in [3.8, 4) is 0 Å². The summed E-state index contributed by atoms with van der Waals surface area (Å²) in [4.78, 5) is 2.42. The molecule has 0 aromatic carbocycles. The summed E-state index contributed by atoms with van der Waals surface area (Å²) in [5.74, 6) is 0. The van der Waals surface area contributed by atoms with Crippen LogP contribution in [0.4, 0.5) is 0 Å². The van der Waals surface area contributed by atoms with Crippen LogP contribution in [0.15, 0.2) is 17.5 Å². The first-order chi connectivity index (χ1) is 7.63. The van der Waals surface area contributed by atoms with Gasteiger partial charge in [0.15, 0.2) is 0 Å². The number of hydrogen-bond donors (Lipinski definition) is 1. The van der Waals surface area contributed by atoms with Gasteiger partial charge in [-0.15, -0.1) is 22.7 Å². The Labute approximate surface area is 109 Å². The van der Waals surface area contributed by atoms with E-state index in [2.05, 4.69) is 24.4 Å². The molecule has 2 rings (SSSR count). The molecule has 0 saturated carbocycles. The minimum absolute atomic E-state index is 0.0221. The summed E-state index contributed by atoms with van der Waals surface area (Å²) in [5.41, 5.74) is 8.75. The van der Waals surface area contributed by atoms with Gasteiger partial charge in [-0.05, 0) is 42.0 Å². The lowest BCUT2D eigenvalue weighted by Crippen LogP contribution is -2.10. The second-order valence-electron chi connectivity index (χ2n) is 3.75. The third-order valence-electron chi connectivity index (χ3n) is 2.63. The van der Waals surface area contributed by atoms with E-state index >= 15 is 0 Å². The van der Waals surface area contributed by atoms with Crippen molar-refractivity contribution in [1.29, 1.82) is 0 Å². The van der Waals surface area contributed by atoms with Gasteiger partial charge in [-0.1, -0.05) is 18.5 Å². The molecule has 0 spiro atoms. The predicted molar refractivity (Wildman–Crippen MR) is 73.8 cm³/mol. The highest BCUT2D eigenvalue weighted by molar-refractivity contribution is 7.16. The molecule has 4 heteroatoms. The molecular weight excluding hydrogens is 258 g/mol. The fourth-order valence-corrected chi connectivity index (χ4v) is 4.00. The van der Waals surface area contributed by atoms with Crippen molar-refractivity contribution in [2.24, 2.45) is 5.73 Å². The summed E-state index contributed by atoms with van der Waals surface area (Å²) < 4.78 is 0.847. The smallest absolute Gasteiger partial charge is 0.0961 e. The molecule has 0 amide bonds. The summed E-state index contributed by atoms with van der Waals surface area (Å²) in [6.45, 7) is 4.18. The van der Waals surface area contributed by atoms with Gasteiger partial charge in [0.1, 0.15) is 0 Å². The van der Waals surface area contributed by atoms with E-state index in [1.807, 2.05) is 6.92 Å². The monoisotopic (exact) mass is 271 g/mol. The van der Waals surface area contributed by atoms with E-state index in [1.54, 1.807) is 22.7 Å². The Kier molecular flexibility index (Phi) is 3.70. The van der Waals surface area contributed by atoms with E-state index in [9.17, 15) is 0 Å². The van der Waals surface area contributed by atoms with Gasteiger partial charge in [-0.25, -0.2) is 0 Å². The molecule has 86 valence electrons. The van der Waals surface area contributed by atoms with Crippen LogP contribution in [-0.2, 0) is 6.42 Å². The maximum absolute atomic E-state index is 6.28. The molecule has 2 aromatic rings. The maximum Gasteiger partial charge on any atom is 0.0961 e. The summed E-state index contributed by atoms with van der Waals surface area (Å²) in [6.07, 6.45) is 1.03. The minimum Gasteiger partial charge on any atom is -0.319 e. The van der Waals surface area contributed by atoms with Crippen molar-refractivity contribution >= 4 is 34.3 Å². The molecule has 0 aliphatic rings. The highest BCUT2D eigenvalue weighted by Crippen LogP contribution is 2.35. The Balaban J connectivity index is 2.35. The number of aryl methyl sites for hydroxylation is 2. The van der Waals surface area contributed by atoms with E-state index in [-0.39, 0.29) is 6.04 Å². The highest BCUT2D eigenvalue weighted by atomic mass is 35.5. The normalized spacial score (nSPS) is 13.0. The molecule has 2 heterocycles. The Morgan fingerprint density at radius 1 is 1.50 bits per heavy atom. The molecule has 2 aromatic heterocycles. The molecule has 16 heavy (non-hydrogen) atoms. The molecule has 0 fully saturated rings. The number of nitrogens with two attached hydrogens (primary N) is 1. The zero-order valence-electron chi connectivity index (χ0n) is 9.29. The van der Waals surface area contributed by atoms with Crippen molar-refractivity contribution in [2.75, 3.05) is 0 Å². The molecular formula is C12H14ClNS2. The third-order valence-corrected chi connectivity index (χ3v) is 5.31. The molecule has 0 aliphatic carbocycles. The number of rotatable bonds is 3. The predicted octanol–water partition coefficient (Wildman–Crippen LogP) is 4.38. The zero-order chi connectivity index (χ0) is 11.7. The molecule has 0 aliphatic heterocycles. The van der Waals surface area contributed by atoms with E-state index in [0.29, 0.717) is 0 Å². The van der Waals surface area contributed by atoms with Crippen LogP contribution < -0.4 is 5.73 Å². The van der Waals surface area contributed by atoms with Crippen molar-refractivity contribution in [1.82, 2.24) is 0 Å². The van der Waals surface area contributed by atoms with Gasteiger partial charge in [0.2, 0.25) is 0 Å². The van der Waals surface area contributed by atoms with E-state index in [0.717, 1.165) is 21.2 Å². The van der Waals surface area contributed by atoms with Crippen LogP contribution in [0.3, 0.4) is 0 Å². The minimum atomic E-state index is -0.0221. The quantitative estimate of drug-likeness (QED) is 0.881. The van der Waals surface area contributed by atoms with Gasteiger partial charge >= 0.3 is 0 Å². The summed E-state index contributed by atoms with van der Waals surface area (Å²) in [6, 6.07) is 4.23. The van der Waals surface area contributed by atoms with Gasteiger partial charge in [-0.3, -0.25) is 0 Å². The van der Waals surface area contributed by atoms with E-state index < -0.39 is 0 Å². The first-order valence-corrected chi connectivity index (χ1v) is 7.28. The number of halogens is 1. The van der Waals surface area contributed by atoms with E-state index in [4.69, 9.17) is 17.3 Å². The summed E-state index contributed by atoms with van der Waals surface area (Å²) >= 11 is 9.39. The Morgan fingerprint density at radius 3 is 2.81 bits per heavy atom. The second kappa shape index (κ2) is 4.88. The Morgan fingerprint density at radius 2 is 2.25 bits per heavy atom. The van der Waals surface area contributed by atoms with Gasteiger partial charge in [0, 0.05) is 9.75 Å². The Hall–Kier alpha value is -0.350. The van der Waals surface area contributed by atoms with Gasteiger partial charge in [0.25, 0.3) is 0 Å². The molecule has 0 saturated heterocycles. The molecule has 0 bridgehead atoms. The Bertz CT molecular complexity index is 467. The maximum atomic E-state index is 6.28. The average molecular weight is 272 g/mol. The van der Waals surface area contributed by atoms with Crippen molar-refractivity contribution < 1.29 is 0 Å². The number of thiophene rings is 2. The largest absolute Gasteiger partial charge is 0.319 e. The lowest BCUT2D eigenvalue weighted by molar-refractivity contribution is 0.894. The molecule has 1 atom stereocenters. The van der Waals surface area contributed by atoms with Crippen molar-refractivity contribution in [3.63, 3.8) is 0 Å². The van der Waals surface area contributed by atoms with Crippen LogP contribution in [0.5, 0.6) is 0 Å². The fourth-order valence-electron chi connectivity index (χ4n) is 1.68. The third kappa shape index (κ3) is 2.18. The zero-order valence-corrected chi connectivity index (χ0v) is 11.7. The van der Waals surface area contributed by atoms with Crippen molar-refractivity contribution in [2.45, 2.75) is 26.3 Å². The summed E-state index contributed by atoms with van der Waals surface area (Å²) in [7, 11) is 0. The van der Waals surface area contributed by atoms with Crippen LogP contribution in [-0.4, -0.2) is 0 Å². The highest BCUT2D eigenvalue weighted by Gasteiger charge is 2.17. The second-order valence-corrected chi connectivity index (χ2v) is 6.38. The molecule has 1 nitrogen and oxygen atoms in total. The van der Waals surface area contributed by atoms with E-state index in [1.165, 1.54) is 10.4 Å². The lowest BCUT2D eigenvalue weighted by Gasteiger charge is -2.09. The van der Waals surface area contributed by atoms with Crippen LogP contribution in [0.1, 0.15) is 33.8 Å². The topological polar surface area (TPSA) is 26.0 Å². The van der Waals surface area contributed by atoms with Gasteiger partial charge < -0.3 is 5.73 Å². The van der Waals surface area contributed by atoms with Crippen LogP contribution >= 0.6 is 34.3 Å². The molecule has 1 unspecified atom stereocenters. The van der Waals surface area contributed by atoms with Gasteiger partial charge in [-0.2, -0.15) is 0 Å². The molecule has 2 N–H and O–H groups in total. The lowest BCUT2D eigenvalue weighted by atomic mass is 10.1. The average Bonchev–Trinajstić information content (AvgIpc) is 2.85. The number of hydrogen-bond acceptors (Lipinski definition) is 3. The molecule has 0 radical (unpaired) electrons. The van der Waals surface area contributed by atoms with Crippen LogP contribution in [0.25, 0.3) is 0 Å². The van der Waals surface area contributed by atoms with Crippen LogP contribution in [0, 0.1) is 6.92 Å². The first kappa shape index (κ1) is 12.1. The summed E-state index contributed by atoms with van der Waals surface area (Å²) in [5, 5.41) is 2.11. The fraction of sp³-hybridized carbons (Fsp3) is 0.333. The van der Waals surface area contributed by atoms with Crippen LogP contribution in [0.2, 0.25) is 4.34 Å². The van der Waals surface area contributed by atoms with Gasteiger partial charge in [0.05, 0.1) is 10.4 Å². The SMILES string of the molecule is CCc1ccsc1C(N)c1cc(C)c(Cl)s1.